The maximum atomic E-state index is 12.7. The number of hydrogen-bond donors (Lipinski definition) is 1. The first-order valence-corrected chi connectivity index (χ1v) is 8.09. The van der Waals surface area contributed by atoms with Crippen LogP contribution in [0.5, 0.6) is 0 Å². The summed E-state index contributed by atoms with van der Waals surface area (Å²) in [5.74, 6) is -1.12. The second-order valence-electron chi connectivity index (χ2n) is 5.25. The van der Waals surface area contributed by atoms with Gasteiger partial charge in [-0.3, -0.25) is 0 Å². The summed E-state index contributed by atoms with van der Waals surface area (Å²) >= 11 is 0. The standard InChI is InChI=1S/C14H19NO5S/c1-9-6-10(2)13(7-12(9)14(16)17)21(18,19)15-5-4-11(8-15)20-3/h6-7,11H,4-5,8H2,1-3H3,(H,16,17). The normalized spacial score (nSPS) is 19.9. The Morgan fingerprint density at radius 3 is 2.52 bits per heavy atom. The van der Waals surface area contributed by atoms with Crippen LogP contribution in [0, 0.1) is 13.8 Å². The van der Waals surface area contributed by atoms with E-state index in [0.29, 0.717) is 30.6 Å². The number of sulfonamides is 1. The second-order valence-corrected chi connectivity index (χ2v) is 7.15. The van der Waals surface area contributed by atoms with Gasteiger partial charge in [0.25, 0.3) is 0 Å². The van der Waals surface area contributed by atoms with Crippen LogP contribution < -0.4 is 0 Å². The lowest BCUT2D eigenvalue weighted by Gasteiger charge is -2.18. The molecule has 0 bridgehead atoms. The highest BCUT2D eigenvalue weighted by Gasteiger charge is 2.34. The van der Waals surface area contributed by atoms with E-state index in [1.165, 1.54) is 10.4 Å². The molecular formula is C14H19NO5S. The number of benzene rings is 1. The fourth-order valence-electron chi connectivity index (χ4n) is 2.59. The van der Waals surface area contributed by atoms with Crippen molar-refractivity contribution < 1.29 is 23.1 Å². The molecule has 21 heavy (non-hydrogen) atoms. The quantitative estimate of drug-likeness (QED) is 0.908. The number of aromatic carboxylic acids is 1. The molecule has 0 amide bonds. The lowest BCUT2D eigenvalue weighted by atomic mass is 10.1. The largest absolute Gasteiger partial charge is 0.478 e. The molecule has 1 atom stereocenters. The molecule has 0 radical (unpaired) electrons. The molecule has 1 unspecified atom stereocenters. The van der Waals surface area contributed by atoms with Crippen LogP contribution in [0.1, 0.15) is 27.9 Å². The zero-order valence-electron chi connectivity index (χ0n) is 12.3. The SMILES string of the molecule is COC1CCN(S(=O)(=O)c2cc(C(=O)O)c(C)cc2C)C1. The lowest BCUT2D eigenvalue weighted by Crippen LogP contribution is -2.30. The van der Waals surface area contributed by atoms with Gasteiger partial charge >= 0.3 is 5.97 Å². The van der Waals surface area contributed by atoms with Gasteiger partial charge in [-0.05, 0) is 37.5 Å². The molecule has 0 aliphatic carbocycles. The van der Waals surface area contributed by atoms with Crippen molar-refractivity contribution >= 4 is 16.0 Å². The number of nitrogens with zero attached hydrogens (tertiary/aromatic N) is 1. The van der Waals surface area contributed by atoms with E-state index in [-0.39, 0.29) is 16.6 Å². The average Bonchev–Trinajstić information content (AvgIpc) is 2.87. The minimum atomic E-state index is -3.70. The maximum absolute atomic E-state index is 12.7. The van der Waals surface area contributed by atoms with E-state index in [4.69, 9.17) is 9.84 Å². The number of carboxylic acid groups (broad SMARTS) is 1. The molecule has 0 saturated carbocycles. The first kappa shape index (κ1) is 15.9. The van der Waals surface area contributed by atoms with Gasteiger partial charge in [-0.25, -0.2) is 13.2 Å². The first-order valence-electron chi connectivity index (χ1n) is 6.65. The van der Waals surface area contributed by atoms with Crippen LogP contribution in [0.2, 0.25) is 0 Å². The van der Waals surface area contributed by atoms with Crippen molar-refractivity contribution in [1.82, 2.24) is 4.31 Å². The molecular weight excluding hydrogens is 294 g/mol. The van der Waals surface area contributed by atoms with E-state index < -0.39 is 16.0 Å². The van der Waals surface area contributed by atoms with Crippen molar-refractivity contribution in [3.05, 3.63) is 28.8 Å². The van der Waals surface area contributed by atoms with Crippen LogP contribution in [0.4, 0.5) is 0 Å². The molecule has 1 fully saturated rings. The molecule has 1 heterocycles. The second kappa shape index (κ2) is 5.75. The fraction of sp³-hybridized carbons (Fsp3) is 0.500. The molecule has 0 aromatic heterocycles. The van der Waals surface area contributed by atoms with Gasteiger partial charge in [0.15, 0.2) is 0 Å². The number of ether oxygens (including phenoxy) is 1. The molecule has 116 valence electrons. The monoisotopic (exact) mass is 313 g/mol. The third-order valence-electron chi connectivity index (χ3n) is 3.81. The van der Waals surface area contributed by atoms with Crippen molar-refractivity contribution in [3.63, 3.8) is 0 Å². The maximum Gasteiger partial charge on any atom is 0.335 e. The Morgan fingerprint density at radius 2 is 2.00 bits per heavy atom. The average molecular weight is 313 g/mol. The van der Waals surface area contributed by atoms with Gasteiger partial charge in [-0.1, -0.05) is 6.07 Å². The summed E-state index contributed by atoms with van der Waals surface area (Å²) in [6, 6.07) is 2.85. The van der Waals surface area contributed by atoms with Crippen LogP contribution in [0.15, 0.2) is 17.0 Å². The number of methoxy groups -OCH3 is 1. The predicted octanol–water partition coefficient (Wildman–Crippen LogP) is 1.41. The van der Waals surface area contributed by atoms with Crippen molar-refractivity contribution in [1.29, 1.82) is 0 Å². The Hall–Kier alpha value is -1.44. The number of rotatable bonds is 4. The van der Waals surface area contributed by atoms with Crippen LogP contribution in [-0.2, 0) is 14.8 Å². The molecule has 1 N–H and O–H groups in total. The van der Waals surface area contributed by atoms with Crippen LogP contribution >= 0.6 is 0 Å². The highest BCUT2D eigenvalue weighted by Crippen LogP contribution is 2.27. The smallest absolute Gasteiger partial charge is 0.335 e. The van der Waals surface area contributed by atoms with Crippen LogP contribution in [0.3, 0.4) is 0 Å². The third kappa shape index (κ3) is 2.95. The van der Waals surface area contributed by atoms with E-state index in [1.807, 2.05) is 0 Å². The molecule has 1 aromatic rings. The highest BCUT2D eigenvalue weighted by molar-refractivity contribution is 7.89. The summed E-state index contributed by atoms with van der Waals surface area (Å²) in [5, 5.41) is 9.16. The van der Waals surface area contributed by atoms with Gasteiger partial charge < -0.3 is 9.84 Å². The zero-order chi connectivity index (χ0) is 15.8. The van der Waals surface area contributed by atoms with Gasteiger partial charge in [-0.15, -0.1) is 0 Å². The minimum absolute atomic E-state index is 0.0154. The fourth-order valence-corrected chi connectivity index (χ4v) is 4.31. The topological polar surface area (TPSA) is 83.9 Å². The molecule has 1 aromatic carbocycles. The molecule has 6 nitrogen and oxygen atoms in total. The zero-order valence-corrected chi connectivity index (χ0v) is 13.1. The van der Waals surface area contributed by atoms with E-state index in [2.05, 4.69) is 0 Å². The minimum Gasteiger partial charge on any atom is -0.478 e. The lowest BCUT2D eigenvalue weighted by molar-refractivity contribution is 0.0696. The first-order chi connectivity index (χ1) is 9.77. The van der Waals surface area contributed by atoms with E-state index >= 15 is 0 Å². The number of aryl methyl sites for hydroxylation is 2. The molecule has 1 aliphatic heterocycles. The van der Waals surface area contributed by atoms with E-state index in [0.717, 1.165) is 0 Å². The highest BCUT2D eigenvalue weighted by atomic mass is 32.2. The number of carboxylic acids is 1. The predicted molar refractivity (Wildman–Crippen MR) is 77.0 cm³/mol. The van der Waals surface area contributed by atoms with Crippen LogP contribution in [-0.4, -0.2) is 50.1 Å². The van der Waals surface area contributed by atoms with Gasteiger partial charge in [-0.2, -0.15) is 4.31 Å². The summed E-state index contributed by atoms with van der Waals surface area (Å²) < 4.78 is 31.9. The van der Waals surface area contributed by atoms with Crippen molar-refractivity contribution in [2.75, 3.05) is 20.2 Å². The van der Waals surface area contributed by atoms with Gasteiger partial charge in [0, 0.05) is 20.2 Å². The molecule has 7 heteroatoms. The Kier molecular flexibility index (Phi) is 4.36. The summed E-state index contributed by atoms with van der Waals surface area (Å²) in [5.41, 5.74) is 1.12. The van der Waals surface area contributed by atoms with Gasteiger partial charge in [0.2, 0.25) is 10.0 Å². The summed E-state index contributed by atoms with van der Waals surface area (Å²) in [4.78, 5) is 11.3. The Balaban J connectivity index is 2.45. The summed E-state index contributed by atoms with van der Waals surface area (Å²) in [6.45, 7) is 4.02. The summed E-state index contributed by atoms with van der Waals surface area (Å²) in [7, 11) is -2.14. The van der Waals surface area contributed by atoms with Crippen molar-refractivity contribution in [3.8, 4) is 0 Å². The molecule has 1 saturated heterocycles. The van der Waals surface area contributed by atoms with E-state index in [1.54, 1.807) is 27.0 Å². The van der Waals surface area contributed by atoms with Gasteiger partial charge in [0.05, 0.1) is 16.6 Å². The van der Waals surface area contributed by atoms with Crippen LogP contribution in [0.25, 0.3) is 0 Å². The number of hydrogen-bond acceptors (Lipinski definition) is 4. The van der Waals surface area contributed by atoms with E-state index in [9.17, 15) is 13.2 Å². The Morgan fingerprint density at radius 1 is 1.33 bits per heavy atom. The molecule has 2 rings (SSSR count). The Labute approximate surface area is 124 Å². The van der Waals surface area contributed by atoms with Crippen molar-refractivity contribution in [2.45, 2.75) is 31.3 Å². The number of carbonyl (C=O) groups is 1. The summed E-state index contributed by atoms with van der Waals surface area (Å²) in [6.07, 6.45) is 0.538. The third-order valence-corrected chi connectivity index (χ3v) is 5.82. The van der Waals surface area contributed by atoms with Crippen molar-refractivity contribution in [2.24, 2.45) is 0 Å². The van der Waals surface area contributed by atoms with Gasteiger partial charge in [0.1, 0.15) is 0 Å². The Bertz CT molecular complexity index is 668. The molecule has 1 aliphatic rings. The molecule has 0 spiro atoms.